The summed E-state index contributed by atoms with van der Waals surface area (Å²) < 4.78 is 5.65. The monoisotopic (exact) mass is 234 g/mol. The van der Waals surface area contributed by atoms with Crippen LogP contribution in [0.2, 0.25) is 0 Å². The fourth-order valence-electron chi connectivity index (χ4n) is 3.02. The molecule has 0 radical (unpaired) electrons. The first kappa shape index (κ1) is 11.7. The molecule has 0 saturated heterocycles. The van der Waals surface area contributed by atoms with Crippen LogP contribution >= 0.6 is 0 Å². The minimum atomic E-state index is 0.319. The van der Waals surface area contributed by atoms with Gasteiger partial charge in [0.2, 0.25) is 10.5 Å². The summed E-state index contributed by atoms with van der Waals surface area (Å²) in [6, 6.07) is 8.60. The Balaban J connectivity index is 2.40. The zero-order chi connectivity index (χ0) is 11.6. The van der Waals surface area contributed by atoms with Gasteiger partial charge in [-0.15, -0.1) is 0 Å². The summed E-state index contributed by atoms with van der Waals surface area (Å²) >= 11 is 0. The van der Waals surface area contributed by atoms with Gasteiger partial charge in [-0.25, -0.2) is 0 Å². The maximum absolute atomic E-state index is 5.65. The molecule has 0 heterocycles. The second-order valence-electron chi connectivity index (χ2n) is 5.26. The van der Waals surface area contributed by atoms with Crippen molar-refractivity contribution in [2.24, 2.45) is 5.92 Å². The highest BCUT2D eigenvalue weighted by Gasteiger charge is 2.36. The molecule has 1 aliphatic rings. The highest BCUT2D eigenvalue weighted by molar-refractivity contribution is 6.00. The summed E-state index contributed by atoms with van der Waals surface area (Å²) in [7, 11) is 0.777. The number of hydrogen-bond donors (Lipinski definition) is 0. The van der Waals surface area contributed by atoms with Crippen LogP contribution in [0.15, 0.2) is 24.3 Å². The van der Waals surface area contributed by atoms with E-state index in [9.17, 15) is 0 Å². The third kappa shape index (κ3) is 1.91. The van der Waals surface area contributed by atoms with Crippen LogP contribution in [0.5, 0.6) is 5.75 Å². The van der Waals surface area contributed by atoms with E-state index in [4.69, 9.17) is 4.43 Å². The molecule has 1 aromatic carbocycles. The lowest BCUT2D eigenvalue weighted by Crippen LogP contribution is -2.33. The molecule has 1 nitrogen and oxygen atoms in total. The molecule has 2 rings (SSSR count). The molecular formula is C14H22OSi. The minimum absolute atomic E-state index is 0.319. The Morgan fingerprint density at radius 2 is 2.06 bits per heavy atom. The third-order valence-electron chi connectivity index (χ3n) is 4.39. The molecule has 1 aliphatic carbocycles. The van der Waals surface area contributed by atoms with Crippen LogP contribution in [0, 0.1) is 5.92 Å². The van der Waals surface area contributed by atoms with Gasteiger partial charge in [0, 0.05) is 0 Å². The molecule has 0 bridgehead atoms. The predicted octanol–water partition coefficient (Wildman–Crippen LogP) is 2.81. The van der Waals surface area contributed by atoms with E-state index >= 15 is 0 Å². The maximum atomic E-state index is 5.65. The topological polar surface area (TPSA) is 9.23 Å². The van der Waals surface area contributed by atoms with Gasteiger partial charge in [0.05, 0.1) is 0 Å². The molecule has 2 unspecified atom stereocenters. The standard InChI is InChI=1S/C14H22OSi/c1-11-7-5-6-10-14(11,2)12-8-3-4-9-13(12)15-16/h3-4,8-9,11H,5-7,10H2,1-2,16H3. The van der Waals surface area contributed by atoms with Gasteiger partial charge >= 0.3 is 0 Å². The first-order valence-corrected chi connectivity index (χ1v) is 7.13. The molecule has 88 valence electrons. The van der Waals surface area contributed by atoms with Crippen LogP contribution in [0.3, 0.4) is 0 Å². The Hall–Kier alpha value is -0.763. The van der Waals surface area contributed by atoms with Crippen molar-refractivity contribution < 1.29 is 4.43 Å². The van der Waals surface area contributed by atoms with Gasteiger partial charge in [-0.1, -0.05) is 44.9 Å². The largest absolute Gasteiger partial charge is 0.553 e. The Labute approximate surface area is 102 Å². The summed E-state index contributed by atoms with van der Waals surface area (Å²) in [6.07, 6.45) is 5.40. The minimum Gasteiger partial charge on any atom is -0.553 e. The highest BCUT2D eigenvalue weighted by atomic mass is 28.2. The molecule has 0 N–H and O–H groups in total. The van der Waals surface area contributed by atoms with Crippen molar-refractivity contribution in [1.29, 1.82) is 0 Å². The van der Waals surface area contributed by atoms with E-state index in [1.54, 1.807) is 0 Å². The third-order valence-corrected chi connectivity index (χ3v) is 4.83. The average molecular weight is 234 g/mol. The lowest BCUT2D eigenvalue weighted by molar-refractivity contribution is 0.218. The summed E-state index contributed by atoms with van der Waals surface area (Å²) in [5.74, 6) is 1.88. The van der Waals surface area contributed by atoms with Crippen LogP contribution in [-0.2, 0) is 5.41 Å². The molecule has 16 heavy (non-hydrogen) atoms. The summed E-state index contributed by atoms with van der Waals surface area (Å²) in [5.41, 5.74) is 1.75. The van der Waals surface area contributed by atoms with Crippen molar-refractivity contribution in [1.82, 2.24) is 0 Å². The second kappa shape index (κ2) is 4.62. The second-order valence-corrected chi connectivity index (χ2v) is 5.67. The number of hydrogen-bond acceptors (Lipinski definition) is 1. The Bertz CT molecular complexity index is 364. The van der Waals surface area contributed by atoms with Crippen LogP contribution in [-0.4, -0.2) is 10.5 Å². The Kier molecular flexibility index (Phi) is 3.38. The first-order chi connectivity index (χ1) is 7.68. The molecular weight excluding hydrogens is 212 g/mol. The number of benzene rings is 1. The molecule has 0 spiro atoms. The van der Waals surface area contributed by atoms with Crippen LogP contribution in [0.25, 0.3) is 0 Å². The lowest BCUT2D eigenvalue weighted by atomic mass is 9.64. The van der Waals surface area contributed by atoms with Gasteiger partial charge in [-0.2, -0.15) is 0 Å². The zero-order valence-electron chi connectivity index (χ0n) is 10.6. The molecule has 2 heteroatoms. The van der Waals surface area contributed by atoms with E-state index in [0.29, 0.717) is 5.41 Å². The van der Waals surface area contributed by atoms with Crippen LogP contribution in [0.1, 0.15) is 45.1 Å². The maximum Gasteiger partial charge on any atom is 0.204 e. The van der Waals surface area contributed by atoms with Gasteiger partial charge in [0.25, 0.3) is 0 Å². The molecule has 1 saturated carbocycles. The normalized spacial score (nSPS) is 30.2. The molecule has 1 aromatic rings. The quantitative estimate of drug-likeness (QED) is 0.715. The fourth-order valence-corrected chi connectivity index (χ4v) is 3.38. The summed E-state index contributed by atoms with van der Waals surface area (Å²) in [5, 5.41) is 0. The number of rotatable bonds is 2. The zero-order valence-corrected chi connectivity index (χ0v) is 12.6. The summed E-state index contributed by atoms with van der Waals surface area (Å²) in [4.78, 5) is 0. The molecule has 1 fully saturated rings. The lowest BCUT2D eigenvalue weighted by Gasteiger charge is -2.41. The Morgan fingerprint density at radius 3 is 2.75 bits per heavy atom. The first-order valence-electron chi connectivity index (χ1n) is 6.32. The molecule has 0 aliphatic heterocycles. The van der Waals surface area contributed by atoms with E-state index in [1.165, 1.54) is 31.2 Å². The van der Waals surface area contributed by atoms with Gasteiger partial charge in [0.1, 0.15) is 5.75 Å². The SMILES string of the molecule is CC1CCCCC1(C)c1ccccc1O[SiH3]. The predicted molar refractivity (Wildman–Crippen MR) is 72.0 cm³/mol. The van der Waals surface area contributed by atoms with Crippen LogP contribution in [0.4, 0.5) is 0 Å². The summed E-state index contributed by atoms with van der Waals surface area (Å²) in [6.45, 7) is 4.80. The molecule has 2 atom stereocenters. The van der Waals surface area contributed by atoms with Crippen molar-refractivity contribution >= 4 is 10.5 Å². The van der Waals surface area contributed by atoms with Crippen molar-refractivity contribution in [3.63, 3.8) is 0 Å². The van der Waals surface area contributed by atoms with Crippen molar-refractivity contribution in [3.05, 3.63) is 29.8 Å². The van der Waals surface area contributed by atoms with Gasteiger partial charge in [-0.3, -0.25) is 0 Å². The smallest absolute Gasteiger partial charge is 0.204 e. The van der Waals surface area contributed by atoms with Crippen molar-refractivity contribution in [2.45, 2.75) is 44.9 Å². The highest BCUT2D eigenvalue weighted by Crippen LogP contribution is 2.46. The van der Waals surface area contributed by atoms with E-state index < -0.39 is 0 Å². The molecule has 0 aromatic heterocycles. The van der Waals surface area contributed by atoms with Crippen LogP contribution < -0.4 is 4.43 Å². The van der Waals surface area contributed by atoms with Crippen molar-refractivity contribution in [3.8, 4) is 5.75 Å². The van der Waals surface area contributed by atoms with Crippen molar-refractivity contribution in [2.75, 3.05) is 0 Å². The Morgan fingerprint density at radius 1 is 1.31 bits per heavy atom. The van der Waals surface area contributed by atoms with Gasteiger partial charge in [0.15, 0.2) is 0 Å². The number of para-hydroxylation sites is 1. The molecule has 0 amide bonds. The van der Waals surface area contributed by atoms with E-state index in [2.05, 4.69) is 38.1 Å². The van der Waals surface area contributed by atoms with E-state index in [1.807, 2.05) is 0 Å². The van der Waals surface area contributed by atoms with E-state index in [-0.39, 0.29) is 0 Å². The van der Waals surface area contributed by atoms with E-state index in [0.717, 1.165) is 22.2 Å². The van der Waals surface area contributed by atoms with Gasteiger partial charge in [-0.05, 0) is 35.8 Å². The average Bonchev–Trinajstić information content (AvgIpc) is 2.33. The van der Waals surface area contributed by atoms with Gasteiger partial charge < -0.3 is 4.43 Å². The fraction of sp³-hybridized carbons (Fsp3) is 0.571.